The summed E-state index contributed by atoms with van der Waals surface area (Å²) in [7, 11) is 4.00. The number of benzene rings is 1. The maximum Gasteiger partial charge on any atom is 0.308 e. The maximum atomic E-state index is 13.0. The maximum absolute atomic E-state index is 13.0. The molecule has 0 heterocycles. The van der Waals surface area contributed by atoms with Crippen LogP contribution in [-0.4, -0.2) is 49.7 Å². The Morgan fingerprint density at radius 1 is 1.25 bits per heavy atom. The summed E-state index contributed by atoms with van der Waals surface area (Å²) in [6.45, 7) is 3.79. The Balaban J connectivity index is 2.72. The Morgan fingerprint density at radius 2 is 1.85 bits per heavy atom. The average molecular weight is 282 g/mol. The molecule has 0 spiro atoms. The number of nitrogens with zero attached hydrogens (tertiary/aromatic N) is 2. The van der Waals surface area contributed by atoms with Gasteiger partial charge in [0.25, 0.3) is 0 Å². The van der Waals surface area contributed by atoms with Crippen LogP contribution in [0.15, 0.2) is 24.3 Å². The van der Waals surface area contributed by atoms with E-state index in [9.17, 15) is 9.18 Å². The monoisotopic (exact) mass is 282 g/mol. The normalized spacial score (nSPS) is 12.4. The van der Waals surface area contributed by atoms with Gasteiger partial charge in [0.1, 0.15) is 5.82 Å². The molecule has 0 aliphatic carbocycles. The molecule has 0 amide bonds. The number of hydrogen-bond acceptors (Lipinski definition) is 3. The summed E-state index contributed by atoms with van der Waals surface area (Å²) in [6, 6.07) is 6.19. The van der Waals surface area contributed by atoms with Gasteiger partial charge in [-0.25, -0.2) is 4.39 Å². The van der Waals surface area contributed by atoms with Crippen molar-refractivity contribution in [2.24, 2.45) is 5.92 Å². The van der Waals surface area contributed by atoms with E-state index in [1.54, 1.807) is 19.1 Å². The van der Waals surface area contributed by atoms with Crippen molar-refractivity contribution in [2.45, 2.75) is 13.3 Å². The van der Waals surface area contributed by atoms with Gasteiger partial charge in [-0.1, -0.05) is 6.92 Å². The number of carboxylic acid groups (broad SMARTS) is 1. The van der Waals surface area contributed by atoms with Crippen LogP contribution in [0.25, 0.3) is 0 Å². The molecule has 0 fully saturated rings. The Hall–Kier alpha value is -1.62. The Kier molecular flexibility index (Phi) is 6.45. The molecule has 1 aromatic carbocycles. The quantitative estimate of drug-likeness (QED) is 0.794. The zero-order valence-electron chi connectivity index (χ0n) is 12.3. The highest BCUT2D eigenvalue weighted by molar-refractivity contribution is 5.70. The van der Waals surface area contributed by atoms with Crippen LogP contribution < -0.4 is 4.90 Å². The van der Waals surface area contributed by atoms with Crippen LogP contribution in [0.4, 0.5) is 10.1 Å². The highest BCUT2D eigenvalue weighted by Gasteiger charge is 2.16. The van der Waals surface area contributed by atoms with Gasteiger partial charge in [-0.05, 0) is 51.3 Å². The molecule has 112 valence electrons. The molecule has 20 heavy (non-hydrogen) atoms. The number of hydrogen-bond donors (Lipinski definition) is 1. The second-order valence-corrected chi connectivity index (χ2v) is 5.32. The zero-order valence-corrected chi connectivity index (χ0v) is 12.3. The minimum Gasteiger partial charge on any atom is -0.481 e. The summed E-state index contributed by atoms with van der Waals surface area (Å²) < 4.78 is 13.0. The van der Waals surface area contributed by atoms with Gasteiger partial charge in [0.15, 0.2) is 0 Å². The molecule has 0 radical (unpaired) electrons. The van der Waals surface area contributed by atoms with E-state index in [0.29, 0.717) is 6.54 Å². The number of halogens is 1. The van der Waals surface area contributed by atoms with Crippen LogP contribution in [0.2, 0.25) is 0 Å². The van der Waals surface area contributed by atoms with Crippen LogP contribution in [-0.2, 0) is 4.79 Å². The van der Waals surface area contributed by atoms with Gasteiger partial charge in [-0.2, -0.15) is 0 Å². The van der Waals surface area contributed by atoms with Gasteiger partial charge in [-0.3, -0.25) is 4.79 Å². The fourth-order valence-corrected chi connectivity index (χ4v) is 1.96. The van der Waals surface area contributed by atoms with E-state index in [-0.39, 0.29) is 5.82 Å². The van der Waals surface area contributed by atoms with Crippen molar-refractivity contribution < 1.29 is 14.3 Å². The minimum absolute atomic E-state index is 0.284. The van der Waals surface area contributed by atoms with Crippen LogP contribution >= 0.6 is 0 Å². The van der Waals surface area contributed by atoms with Crippen molar-refractivity contribution >= 4 is 11.7 Å². The van der Waals surface area contributed by atoms with Crippen molar-refractivity contribution in [3.8, 4) is 0 Å². The second kappa shape index (κ2) is 7.85. The lowest BCUT2D eigenvalue weighted by atomic mass is 10.1. The van der Waals surface area contributed by atoms with Gasteiger partial charge in [0, 0.05) is 18.8 Å². The molecule has 0 saturated heterocycles. The SMILES string of the molecule is CC(CN(CCCN(C)C)c1ccc(F)cc1)C(=O)O. The van der Waals surface area contributed by atoms with Crippen molar-refractivity contribution in [3.63, 3.8) is 0 Å². The smallest absolute Gasteiger partial charge is 0.308 e. The third kappa shape index (κ3) is 5.57. The number of rotatable bonds is 8. The van der Waals surface area contributed by atoms with E-state index >= 15 is 0 Å². The highest BCUT2D eigenvalue weighted by Crippen LogP contribution is 2.17. The van der Waals surface area contributed by atoms with Crippen molar-refractivity contribution in [1.29, 1.82) is 0 Å². The van der Waals surface area contributed by atoms with Gasteiger partial charge in [-0.15, -0.1) is 0 Å². The Morgan fingerprint density at radius 3 is 2.35 bits per heavy atom. The first-order valence-corrected chi connectivity index (χ1v) is 6.78. The number of carbonyl (C=O) groups is 1. The Labute approximate surface area is 119 Å². The summed E-state index contributed by atoms with van der Waals surface area (Å²) in [5.74, 6) is -1.56. The molecule has 0 saturated carbocycles. The molecule has 1 rings (SSSR count). The topological polar surface area (TPSA) is 43.8 Å². The number of aliphatic carboxylic acids is 1. The summed E-state index contributed by atoms with van der Waals surface area (Å²) in [4.78, 5) is 15.1. The molecule has 4 nitrogen and oxygen atoms in total. The first-order chi connectivity index (χ1) is 9.40. The average Bonchev–Trinajstić information content (AvgIpc) is 2.37. The molecule has 1 unspecified atom stereocenters. The van der Waals surface area contributed by atoms with Crippen LogP contribution in [0.3, 0.4) is 0 Å². The van der Waals surface area contributed by atoms with Gasteiger partial charge in [0.05, 0.1) is 5.92 Å². The minimum atomic E-state index is -0.815. The van der Waals surface area contributed by atoms with Crippen molar-refractivity contribution in [3.05, 3.63) is 30.1 Å². The largest absolute Gasteiger partial charge is 0.481 e. The predicted molar refractivity (Wildman–Crippen MR) is 78.6 cm³/mol. The molecule has 1 N–H and O–H groups in total. The Bertz CT molecular complexity index is 420. The van der Waals surface area contributed by atoms with Gasteiger partial charge in [0.2, 0.25) is 0 Å². The molecule has 1 aromatic rings. The van der Waals surface area contributed by atoms with Crippen molar-refractivity contribution in [1.82, 2.24) is 4.90 Å². The molecule has 0 bridgehead atoms. The highest BCUT2D eigenvalue weighted by atomic mass is 19.1. The fourth-order valence-electron chi connectivity index (χ4n) is 1.96. The van der Waals surface area contributed by atoms with Gasteiger partial charge >= 0.3 is 5.97 Å². The van der Waals surface area contributed by atoms with E-state index in [1.807, 2.05) is 19.0 Å². The third-order valence-corrected chi connectivity index (χ3v) is 3.14. The van der Waals surface area contributed by atoms with E-state index in [1.165, 1.54) is 12.1 Å². The molecule has 0 aliphatic heterocycles. The summed E-state index contributed by atoms with van der Waals surface area (Å²) in [5.41, 5.74) is 0.859. The van der Waals surface area contributed by atoms with Crippen LogP contribution in [0.1, 0.15) is 13.3 Å². The number of anilines is 1. The molecular formula is C15H23FN2O2. The first-order valence-electron chi connectivity index (χ1n) is 6.78. The molecular weight excluding hydrogens is 259 g/mol. The van der Waals surface area contributed by atoms with E-state index in [2.05, 4.69) is 4.90 Å². The standard InChI is InChI=1S/C15H23FN2O2/c1-12(15(19)20)11-18(10-4-9-17(2)3)14-7-5-13(16)6-8-14/h5-8,12H,4,9-11H2,1-3H3,(H,19,20). The summed E-state index contributed by atoms with van der Waals surface area (Å²) >= 11 is 0. The summed E-state index contributed by atoms with van der Waals surface area (Å²) in [5, 5.41) is 9.04. The molecule has 1 atom stereocenters. The van der Waals surface area contributed by atoms with Crippen LogP contribution in [0, 0.1) is 11.7 Å². The van der Waals surface area contributed by atoms with Gasteiger partial charge < -0.3 is 14.9 Å². The van der Waals surface area contributed by atoms with E-state index < -0.39 is 11.9 Å². The number of carboxylic acids is 1. The first kappa shape index (κ1) is 16.4. The molecule has 0 aromatic heterocycles. The lowest BCUT2D eigenvalue weighted by Crippen LogP contribution is -2.33. The third-order valence-electron chi connectivity index (χ3n) is 3.14. The fraction of sp³-hybridized carbons (Fsp3) is 0.533. The lowest BCUT2D eigenvalue weighted by Gasteiger charge is -2.27. The molecule has 0 aliphatic rings. The van der Waals surface area contributed by atoms with Crippen molar-refractivity contribution in [2.75, 3.05) is 38.6 Å². The predicted octanol–water partition coefficient (Wildman–Crippen LogP) is 2.30. The summed E-state index contributed by atoms with van der Waals surface area (Å²) in [6.07, 6.45) is 0.927. The second-order valence-electron chi connectivity index (χ2n) is 5.32. The lowest BCUT2D eigenvalue weighted by molar-refractivity contribution is -0.140. The molecule has 5 heteroatoms. The zero-order chi connectivity index (χ0) is 15.1. The van der Waals surface area contributed by atoms with Crippen LogP contribution in [0.5, 0.6) is 0 Å². The van der Waals surface area contributed by atoms with E-state index in [0.717, 1.165) is 25.2 Å². The van der Waals surface area contributed by atoms with E-state index in [4.69, 9.17) is 5.11 Å².